The molecule has 0 aromatic carbocycles. The number of hydrogen-bond acceptors (Lipinski definition) is 3. The van der Waals surface area contributed by atoms with Gasteiger partial charge in [0.25, 0.3) is 0 Å². The Kier molecular flexibility index (Phi) is 2.08. The van der Waals surface area contributed by atoms with E-state index in [1.165, 1.54) is 12.8 Å². The Labute approximate surface area is 71.6 Å². The summed E-state index contributed by atoms with van der Waals surface area (Å²) >= 11 is 0. The van der Waals surface area contributed by atoms with Crippen LogP contribution < -0.4 is 0 Å². The van der Waals surface area contributed by atoms with Gasteiger partial charge in [0.15, 0.2) is 5.82 Å². The Morgan fingerprint density at radius 2 is 2.50 bits per heavy atom. The number of hydrogen-bond donors (Lipinski definition) is 0. The molecule has 0 aliphatic heterocycles. The third kappa shape index (κ3) is 1.82. The van der Waals surface area contributed by atoms with E-state index in [0.717, 1.165) is 18.3 Å². The molecule has 4 nitrogen and oxygen atoms in total. The van der Waals surface area contributed by atoms with Crippen molar-refractivity contribution in [1.29, 1.82) is 0 Å². The van der Waals surface area contributed by atoms with E-state index in [4.69, 9.17) is 4.74 Å². The molecule has 0 bridgehead atoms. The zero-order valence-electron chi connectivity index (χ0n) is 7.23. The monoisotopic (exact) mass is 167 g/mol. The van der Waals surface area contributed by atoms with Crippen LogP contribution in [0, 0.1) is 5.92 Å². The van der Waals surface area contributed by atoms with Crippen molar-refractivity contribution in [1.82, 2.24) is 14.8 Å². The van der Waals surface area contributed by atoms with Gasteiger partial charge in [-0.15, -0.1) is 0 Å². The molecule has 66 valence electrons. The summed E-state index contributed by atoms with van der Waals surface area (Å²) in [7, 11) is 1.65. The smallest absolute Gasteiger partial charge is 0.176 e. The molecule has 1 aromatic heterocycles. The first-order valence-electron chi connectivity index (χ1n) is 4.26. The van der Waals surface area contributed by atoms with E-state index in [9.17, 15) is 0 Å². The van der Waals surface area contributed by atoms with Gasteiger partial charge in [0.05, 0.1) is 0 Å². The average Bonchev–Trinajstić information content (AvgIpc) is 2.74. The van der Waals surface area contributed by atoms with Gasteiger partial charge in [-0.2, -0.15) is 5.10 Å². The molecule has 1 heterocycles. The van der Waals surface area contributed by atoms with Crippen molar-refractivity contribution in [2.75, 3.05) is 7.11 Å². The lowest BCUT2D eigenvalue weighted by Crippen LogP contribution is -2.01. The minimum atomic E-state index is 0.512. The lowest BCUT2D eigenvalue weighted by molar-refractivity contribution is 0.177. The molecule has 0 radical (unpaired) electrons. The fourth-order valence-electron chi connectivity index (χ4n) is 1.18. The lowest BCUT2D eigenvalue weighted by Gasteiger charge is -1.95. The van der Waals surface area contributed by atoms with Crippen molar-refractivity contribution in [3.05, 3.63) is 12.2 Å². The number of rotatable bonds is 4. The second-order valence-electron chi connectivity index (χ2n) is 3.26. The van der Waals surface area contributed by atoms with Crippen LogP contribution in [0.1, 0.15) is 18.7 Å². The van der Waals surface area contributed by atoms with E-state index < -0.39 is 0 Å². The van der Waals surface area contributed by atoms with E-state index in [2.05, 4.69) is 10.1 Å². The van der Waals surface area contributed by atoms with Crippen LogP contribution >= 0.6 is 0 Å². The predicted octanol–water partition coefficient (Wildman–Crippen LogP) is 0.835. The van der Waals surface area contributed by atoms with Crippen molar-refractivity contribution < 1.29 is 4.74 Å². The summed E-state index contributed by atoms with van der Waals surface area (Å²) in [5.41, 5.74) is 0. The molecule has 0 saturated heterocycles. The van der Waals surface area contributed by atoms with Gasteiger partial charge in [0, 0.05) is 13.7 Å². The van der Waals surface area contributed by atoms with E-state index in [-0.39, 0.29) is 0 Å². The fraction of sp³-hybridized carbons (Fsp3) is 0.750. The normalized spacial score (nSPS) is 16.8. The van der Waals surface area contributed by atoms with Gasteiger partial charge >= 0.3 is 0 Å². The molecule has 12 heavy (non-hydrogen) atoms. The highest BCUT2D eigenvalue weighted by Crippen LogP contribution is 2.30. The molecule has 0 spiro atoms. The number of ether oxygens (including phenoxy) is 1. The summed E-state index contributed by atoms with van der Waals surface area (Å²) in [4.78, 5) is 4.11. The predicted molar refractivity (Wildman–Crippen MR) is 43.5 cm³/mol. The number of nitrogens with zero attached hydrogens (tertiary/aromatic N) is 3. The van der Waals surface area contributed by atoms with Gasteiger partial charge in [-0.3, -0.25) is 4.68 Å². The Hall–Kier alpha value is -0.900. The molecular weight excluding hydrogens is 154 g/mol. The molecule has 1 fully saturated rings. The van der Waals surface area contributed by atoms with Gasteiger partial charge < -0.3 is 4.74 Å². The highest BCUT2D eigenvalue weighted by atomic mass is 16.5. The Morgan fingerprint density at radius 3 is 3.17 bits per heavy atom. The number of aromatic nitrogens is 3. The quantitative estimate of drug-likeness (QED) is 0.667. The van der Waals surface area contributed by atoms with Crippen LogP contribution in [0.2, 0.25) is 0 Å². The third-order valence-electron chi connectivity index (χ3n) is 2.00. The molecule has 0 atom stereocenters. The first-order chi connectivity index (χ1) is 5.88. The van der Waals surface area contributed by atoms with Crippen molar-refractivity contribution in [2.24, 2.45) is 5.92 Å². The van der Waals surface area contributed by atoms with Crippen molar-refractivity contribution >= 4 is 0 Å². The second-order valence-corrected chi connectivity index (χ2v) is 3.26. The maximum Gasteiger partial charge on any atom is 0.176 e. The fourth-order valence-corrected chi connectivity index (χ4v) is 1.18. The van der Waals surface area contributed by atoms with Crippen LogP contribution in [0.4, 0.5) is 0 Å². The lowest BCUT2D eigenvalue weighted by atomic mass is 10.4. The molecule has 1 aliphatic rings. The maximum absolute atomic E-state index is 4.92. The zero-order chi connectivity index (χ0) is 8.39. The third-order valence-corrected chi connectivity index (χ3v) is 2.00. The Balaban J connectivity index is 1.92. The van der Waals surface area contributed by atoms with Crippen LogP contribution in [-0.4, -0.2) is 21.9 Å². The molecule has 0 amide bonds. The van der Waals surface area contributed by atoms with Gasteiger partial charge in [0.1, 0.15) is 12.9 Å². The van der Waals surface area contributed by atoms with E-state index in [0.29, 0.717) is 6.61 Å². The molecule has 4 heteroatoms. The second kappa shape index (κ2) is 3.23. The zero-order valence-corrected chi connectivity index (χ0v) is 7.23. The summed E-state index contributed by atoms with van der Waals surface area (Å²) in [5, 5.41) is 4.26. The van der Waals surface area contributed by atoms with Crippen LogP contribution in [0.3, 0.4) is 0 Å². The van der Waals surface area contributed by atoms with Gasteiger partial charge in [0.2, 0.25) is 0 Å². The van der Waals surface area contributed by atoms with Gasteiger partial charge in [-0.25, -0.2) is 4.98 Å². The largest absolute Gasteiger partial charge is 0.377 e. The summed E-state index contributed by atoms with van der Waals surface area (Å²) in [6.07, 6.45) is 4.48. The first-order valence-corrected chi connectivity index (χ1v) is 4.26. The van der Waals surface area contributed by atoms with E-state index >= 15 is 0 Å². The van der Waals surface area contributed by atoms with Gasteiger partial charge in [-0.1, -0.05) is 0 Å². The highest BCUT2D eigenvalue weighted by molar-refractivity contribution is 4.80. The van der Waals surface area contributed by atoms with Crippen molar-refractivity contribution in [2.45, 2.75) is 26.0 Å². The number of methoxy groups -OCH3 is 1. The minimum absolute atomic E-state index is 0.512. The molecule has 0 N–H and O–H groups in total. The molecule has 1 saturated carbocycles. The van der Waals surface area contributed by atoms with Crippen LogP contribution in [0.5, 0.6) is 0 Å². The molecule has 1 aromatic rings. The van der Waals surface area contributed by atoms with E-state index in [1.807, 2.05) is 4.68 Å². The average molecular weight is 167 g/mol. The molecule has 2 rings (SSSR count). The Morgan fingerprint density at radius 1 is 1.67 bits per heavy atom. The summed E-state index contributed by atoms with van der Waals surface area (Å²) in [5.74, 6) is 1.63. The van der Waals surface area contributed by atoms with E-state index in [1.54, 1.807) is 13.4 Å². The topological polar surface area (TPSA) is 39.9 Å². The van der Waals surface area contributed by atoms with Crippen molar-refractivity contribution in [3.8, 4) is 0 Å². The summed E-state index contributed by atoms with van der Waals surface area (Å²) in [6, 6.07) is 0. The maximum atomic E-state index is 4.92. The highest BCUT2D eigenvalue weighted by Gasteiger charge is 2.22. The SMILES string of the molecule is COCc1ncn(CC2CC2)n1. The molecular formula is C8H13N3O. The molecule has 0 unspecified atom stereocenters. The van der Waals surface area contributed by atoms with Gasteiger partial charge in [-0.05, 0) is 18.8 Å². The summed E-state index contributed by atoms with van der Waals surface area (Å²) < 4.78 is 6.83. The summed E-state index contributed by atoms with van der Waals surface area (Å²) in [6.45, 7) is 1.54. The first kappa shape index (κ1) is 7.73. The van der Waals surface area contributed by atoms with Crippen molar-refractivity contribution in [3.63, 3.8) is 0 Å². The van der Waals surface area contributed by atoms with Crippen LogP contribution in [-0.2, 0) is 17.9 Å². The standard InChI is InChI=1S/C8H13N3O/c1-12-5-8-9-6-11(10-8)4-7-2-3-7/h6-7H,2-5H2,1H3. The Bertz CT molecular complexity index is 255. The van der Waals surface area contributed by atoms with Crippen LogP contribution in [0.25, 0.3) is 0 Å². The van der Waals surface area contributed by atoms with Crippen LogP contribution in [0.15, 0.2) is 6.33 Å². The molecule has 1 aliphatic carbocycles. The minimum Gasteiger partial charge on any atom is -0.377 e.